The van der Waals surface area contributed by atoms with Crippen molar-refractivity contribution in [2.75, 3.05) is 13.7 Å². The first-order chi connectivity index (χ1) is 12.2. The number of carbonyl (C=O) groups is 1. The highest BCUT2D eigenvalue weighted by atomic mass is 16.5. The molecule has 0 atom stereocenters. The summed E-state index contributed by atoms with van der Waals surface area (Å²) in [5.41, 5.74) is 4.86. The first kappa shape index (κ1) is 15.8. The van der Waals surface area contributed by atoms with Crippen LogP contribution in [0.4, 0.5) is 0 Å². The first-order valence-corrected chi connectivity index (χ1v) is 8.73. The van der Waals surface area contributed by atoms with Crippen LogP contribution in [-0.4, -0.2) is 29.4 Å². The molecular weight excluding hydrogens is 312 g/mol. The third kappa shape index (κ3) is 3.12. The Morgan fingerprint density at radius 3 is 2.96 bits per heavy atom. The number of aryl methyl sites for hydroxylation is 1. The van der Waals surface area contributed by atoms with Crippen molar-refractivity contribution in [3.8, 4) is 5.75 Å². The van der Waals surface area contributed by atoms with Crippen molar-refractivity contribution < 1.29 is 9.53 Å². The summed E-state index contributed by atoms with van der Waals surface area (Å²) in [6, 6.07) is 14.4. The fraction of sp³-hybridized carbons (Fsp3) is 0.286. The van der Waals surface area contributed by atoms with Gasteiger partial charge in [0.2, 0.25) is 5.91 Å². The van der Waals surface area contributed by atoms with E-state index in [0.717, 1.165) is 30.7 Å². The number of nitrogens with one attached hydrogen (secondary N) is 1. The maximum atomic E-state index is 12.7. The van der Waals surface area contributed by atoms with E-state index in [2.05, 4.69) is 29.2 Å². The van der Waals surface area contributed by atoms with Crippen LogP contribution in [0, 0.1) is 0 Å². The van der Waals surface area contributed by atoms with Crippen molar-refractivity contribution in [2.24, 2.45) is 0 Å². The molecule has 0 unspecified atom stereocenters. The van der Waals surface area contributed by atoms with Crippen LogP contribution in [0.2, 0.25) is 0 Å². The van der Waals surface area contributed by atoms with E-state index in [4.69, 9.17) is 4.74 Å². The number of ether oxygens (including phenoxy) is 1. The van der Waals surface area contributed by atoms with E-state index >= 15 is 0 Å². The molecule has 0 saturated carbocycles. The number of aromatic amines is 1. The predicted molar refractivity (Wildman–Crippen MR) is 98.7 cm³/mol. The highest BCUT2D eigenvalue weighted by Crippen LogP contribution is 2.25. The maximum Gasteiger partial charge on any atom is 0.223 e. The number of benzene rings is 2. The second-order valence-electron chi connectivity index (χ2n) is 6.56. The number of amides is 1. The third-order valence-electron chi connectivity index (χ3n) is 5.06. The summed E-state index contributed by atoms with van der Waals surface area (Å²) in [4.78, 5) is 17.9. The highest BCUT2D eigenvalue weighted by molar-refractivity contribution is 5.84. The fourth-order valence-electron chi connectivity index (χ4n) is 3.61. The second-order valence-corrected chi connectivity index (χ2v) is 6.56. The van der Waals surface area contributed by atoms with E-state index in [9.17, 15) is 4.79 Å². The van der Waals surface area contributed by atoms with Gasteiger partial charge in [0.15, 0.2) is 0 Å². The second kappa shape index (κ2) is 6.63. The minimum absolute atomic E-state index is 0.221. The summed E-state index contributed by atoms with van der Waals surface area (Å²) in [5.74, 6) is 1.07. The van der Waals surface area contributed by atoms with Gasteiger partial charge in [-0.2, -0.15) is 0 Å². The standard InChI is InChI=1S/C21H22N2O2/c1-25-18-8-6-15-10-11-23(14-17(15)12-18)21(24)9-7-16-13-22-20-5-3-2-4-19(16)20/h2-6,8,12-13,22H,7,9-11,14H2,1H3. The van der Waals surface area contributed by atoms with Crippen LogP contribution in [0.5, 0.6) is 5.75 Å². The lowest BCUT2D eigenvalue weighted by molar-refractivity contribution is -0.132. The van der Waals surface area contributed by atoms with Crippen LogP contribution in [0.3, 0.4) is 0 Å². The molecule has 25 heavy (non-hydrogen) atoms. The third-order valence-corrected chi connectivity index (χ3v) is 5.06. The van der Waals surface area contributed by atoms with Gasteiger partial charge in [0.1, 0.15) is 5.75 Å². The molecule has 0 aliphatic carbocycles. The fourth-order valence-corrected chi connectivity index (χ4v) is 3.61. The minimum atomic E-state index is 0.221. The topological polar surface area (TPSA) is 45.3 Å². The van der Waals surface area contributed by atoms with Crippen LogP contribution >= 0.6 is 0 Å². The monoisotopic (exact) mass is 334 g/mol. The van der Waals surface area contributed by atoms with Crippen molar-refractivity contribution in [1.82, 2.24) is 9.88 Å². The van der Waals surface area contributed by atoms with Gasteiger partial charge in [0.05, 0.1) is 7.11 Å². The SMILES string of the molecule is COc1ccc2c(c1)CN(C(=O)CCc1c[nH]c3ccccc13)CC2. The zero-order valence-electron chi connectivity index (χ0n) is 14.4. The van der Waals surface area contributed by atoms with E-state index in [1.165, 1.54) is 22.1 Å². The van der Waals surface area contributed by atoms with Crippen molar-refractivity contribution in [2.45, 2.75) is 25.8 Å². The molecule has 0 bridgehead atoms. The van der Waals surface area contributed by atoms with Crippen LogP contribution in [-0.2, 0) is 24.2 Å². The van der Waals surface area contributed by atoms with Crippen LogP contribution in [0.1, 0.15) is 23.1 Å². The summed E-state index contributed by atoms with van der Waals surface area (Å²) < 4.78 is 5.31. The number of methoxy groups -OCH3 is 1. The molecule has 4 rings (SSSR count). The lowest BCUT2D eigenvalue weighted by Gasteiger charge is -2.29. The molecule has 2 heterocycles. The molecule has 1 aromatic heterocycles. The molecule has 0 fully saturated rings. The van der Waals surface area contributed by atoms with Gasteiger partial charge >= 0.3 is 0 Å². The summed E-state index contributed by atoms with van der Waals surface area (Å²) in [7, 11) is 1.68. The molecule has 1 amide bonds. The number of nitrogens with zero attached hydrogens (tertiary/aromatic N) is 1. The lowest BCUT2D eigenvalue weighted by Crippen LogP contribution is -2.36. The Morgan fingerprint density at radius 1 is 1.20 bits per heavy atom. The van der Waals surface area contributed by atoms with Crippen molar-refractivity contribution in [1.29, 1.82) is 0 Å². The van der Waals surface area contributed by atoms with Gasteiger partial charge in [-0.05, 0) is 47.7 Å². The molecule has 4 heteroatoms. The average Bonchev–Trinajstić information content (AvgIpc) is 3.08. The number of hydrogen-bond donors (Lipinski definition) is 1. The molecule has 4 nitrogen and oxygen atoms in total. The summed E-state index contributed by atoms with van der Waals surface area (Å²) >= 11 is 0. The van der Waals surface area contributed by atoms with Crippen molar-refractivity contribution in [3.63, 3.8) is 0 Å². The number of aromatic nitrogens is 1. The van der Waals surface area contributed by atoms with Crippen molar-refractivity contribution in [3.05, 3.63) is 65.4 Å². The largest absolute Gasteiger partial charge is 0.497 e. The van der Waals surface area contributed by atoms with E-state index in [1.54, 1.807) is 7.11 Å². The molecule has 0 saturated heterocycles. The zero-order valence-corrected chi connectivity index (χ0v) is 14.4. The van der Waals surface area contributed by atoms with E-state index in [1.807, 2.05) is 29.3 Å². The van der Waals surface area contributed by atoms with Gasteiger partial charge in [-0.15, -0.1) is 0 Å². The van der Waals surface area contributed by atoms with E-state index in [0.29, 0.717) is 13.0 Å². The first-order valence-electron chi connectivity index (χ1n) is 8.73. The van der Waals surface area contributed by atoms with Gasteiger partial charge in [0, 0.05) is 36.6 Å². The molecule has 1 N–H and O–H groups in total. The predicted octanol–water partition coefficient (Wildman–Crippen LogP) is 3.69. The Hall–Kier alpha value is -2.75. The van der Waals surface area contributed by atoms with Gasteiger partial charge < -0.3 is 14.6 Å². The zero-order chi connectivity index (χ0) is 17.2. The minimum Gasteiger partial charge on any atom is -0.497 e. The number of H-pyrrole nitrogens is 1. The summed E-state index contributed by atoms with van der Waals surface area (Å²) in [6.45, 7) is 1.48. The summed E-state index contributed by atoms with van der Waals surface area (Å²) in [6.07, 6.45) is 4.25. The average molecular weight is 334 g/mol. The maximum absolute atomic E-state index is 12.7. The van der Waals surface area contributed by atoms with Gasteiger partial charge in [-0.1, -0.05) is 24.3 Å². The molecule has 0 radical (unpaired) electrons. The Bertz CT molecular complexity index is 913. The Morgan fingerprint density at radius 2 is 2.08 bits per heavy atom. The van der Waals surface area contributed by atoms with Gasteiger partial charge in [-0.3, -0.25) is 4.79 Å². The molecule has 1 aliphatic heterocycles. The van der Waals surface area contributed by atoms with Crippen LogP contribution < -0.4 is 4.74 Å². The van der Waals surface area contributed by atoms with Gasteiger partial charge in [-0.25, -0.2) is 0 Å². The van der Waals surface area contributed by atoms with Crippen LogP contribution in [0.15, 0.2) is 48.7 Å². The molecule has 1 aliphatic rings. The molecule has 2 aromatic carbocycles. The van der Waals surface area contributed by atoms with Crippen LogP contribution in [0.25, 0.3) is 10.9 Å². The Balaban J connectivity index is 1.43. The number of para-hydroxylation sites is 1. The smallest absolute Gasteiger partial charge is 0.223 e. The Labute approximate surface area is 147 Å². The summed E-state index contributed by atoms with van der Waals surface area (Å²) in [5, 5.41) is 1.21. The van der Waals surface area contributed by atoms with Gasteiger partial charge in [0.25, 0.3) is 0 Å². The number of rotatable bonds is 4. The normalized spacial score (nSPS) is 13.7. The molecule has 0 spiro atoms. The number of hydrogen-bond acceptors (Lipinski definition) is 2. The molecule has 128 valence electrons. The quantitative estimate of drug-likeness (QED) is 0.791. The van der Waals surface area contributed by atoms with E-state index in [-0.39, 0.29) is 5.91 Å². The van der Waals surface area contributed by atoms with Crippen molar-refractivity contribution >= 4 is 16.8 Å². The molecule has 3 aromatic rings. The number of carbonyl (C=O) groups excluding carboxylic acids is 1. The van der Waals surface area contributed by atoms with E-state index < -0.39 is 0 Å². The number of fused-ring (bicyclic) bond motifs is 2. The Kier molecular flexibility index (Phi) is 4.18. The molecular formula is C21H22N2O2. The lowest BCUT2D eigenvalue weighted by atomic mass is 9.99. The highest BCUT2D eigenvalue weighted by Gasteiger charge is 2.21.